The number of amides is 1. The number of primary amides is 1. The van der Waals surface area contributed by atoms with E-state index in [0.717, 1.165) is 30.0 Å². The molecule has 2 aromatic rings. The summed E-state index contributed by atoms with van der Waals surface area (Å²) in [6.45, 7) is 3.58. The van der Waals surface area contributed by atoms with E-state index in [-0.39, 0.29) is 6.54 Å². The molecule has 0 aliphatic carbocycles. The molecule has 2 rings (SSSR count). The third-order valence-corrected chi connectivity index (χ3v) is 2.84. The molecule has 112 valence electrons. The first-order valence-electron chi connectivity index (χ1n) is 6.93. The van der Waals surface area contributed by atoms with E-state index in [0.29, 0.717) is 6.54 Å². The van der Waals surface area contributed by atoms with Gasteiger partial charge in [0.05, 0.1) is 18.5 Å². The normalized spacial score (nSPS) is 10.3. The minimum absolute atomic E-state index is 0.0884. The van der Waals surface area contributed by atoms with Crippen LogP contribution >= 0.6 is 0 Å². The lowest BCUT2D eigenvalue weighted by molar-refractivity contribution is -0.118. The van der Waals surface area contributed by atoms with E-state index in [4.69, 9.17) is 10.5 Å². The van der Waals surface area contributed by atoms with Crippen molar-refractivity contribution in [3.63, 3.8) is 0 Å². The summed E-state index contributed by atoms with van der Waals surface area (Å²) < 4.78 is 7.04. The van der Waals surface area contributed by atoms with Gasteiger partial charge >= 0.3 is 0 Å². The number of nitrogens with two attached hydrogens (primary N) is 1. The zero-order valence-electron chi connectivity index (χ0n) is 12.1. The molecule has 1 amide bonds. The number of carbonyl (C=O) groups is 1. The van der Waals surface area contributed by atoms with Gasteiger partial charge in [-0.2, -0.15) is 5.10 Å². The van der Waals surface area contributed by atoms with Gasteiger partial charge in [0, 0.05) is 12.7 Å². The van der Waals surface area contributed by atoms with Crippen molar-refractivity contribution in [1.82, 2.24) is 9.78 Å². The fourth-order valence-corrected chi connectivity index (χ4v) is 1.83. The van der Waals surface area contributed by atoms with Gasteiger partial charge in [0.25, 0.3) is 0 Å². The fraction of sp³-hybridized carbons (Fsp3) is 0.333. The van der Waals surface area contributed by atoms with Gasteiger partial charge in [-0.1, -0.05) is 19.1 Å². The zero-order valence-corrected chi connectivity index (χ0v) is 12.1. The molecule has 0 aliphatic heterocycles. The van der Waals surface area contributed by atoms with Crippen molar-refractivity contribution in [2.24, 2.45) is 5.73 Å². The Balaban J connectivity index is 1.84. The summed E-state index contributed by atoms with van der Waals surface area (Å²) in [5, 5.41) is 7.29. The topological polar surface area (TPSA) is 82.2 Å². The Hall–Kier alpha value is -2.50. The minimum atomic E-state index is -0.410. The molecule has 6 heteroatoms. The quantitative estimate of drug-likeness (QED) is 0.775. The average Bonchev–Trinajstić information content (AvgIpc) is 2.91. The van der Waals surface area contributed by atoms with Crippen LogP contribution in [0, 0.1) is 0 Å². The molecule has 3 N–H and O–H groups in total. The predicted octanol–water partition coefficient (Wildman–Crippen LogP) is 1.77. The van der Waals surface area contributed by atoms with Crippen molar-refractivity contribution < 1.29 is 9.53 Å². The molecule has 0 fully saturated rings. The van der Waals surface area contributed by atoms with Crippen LogP contribution in [-0.4, -0.2) is 22.3 Å². The number of aromatic nitrogens is 2. The Labute approximate surface area is 123 Å². The smallest absolute Gasteiger partial charge is 0.239 e. The molecule has 1 aromatic carbocycles. The monoisotopic (exact) mass is 288 g/mol. The molecule has 0 radical (unpaired) electrons. The Morgan fingerprint density at radius 3 is 2.81 bits per heavy atom. The van der Waals surface area contributed by atoms with Crippen LogP contribution in [0.4, 0.5) is 5.69 Å². The molecule has 0 saturated carbocycles. The molecule has 1 aromatic heterocycles. The number of carbonyl (C=O) groups excluding carboxylic acids is 1. The highest BCUT2D eigenvalue weighted by Crippen LogP contribution is 2.14. The van der Waals surface area contributed by atoms with E-state index in [1.807, 2.05) is 24.3 Å². The van der Waals surface area contributed by atoms with E-state index < -0.39 is 5.91 Å². The van der Waals surface area contributed by atoms with Crippen LogP contribution in [0.2, 0.25) is 0 Å². The second kappa shape index (κ2) is 7.33. The Morgan fingerprint density at radius 1 is 1.38 bits per heavy atom. The van der Waals surface area contributed by atoms with Gasteiger partial charge in [0.1, 0.15) is 12.3 Å². The van der Waals surface area contributed by atoms with E-state index in [2.05, 4.69) is 17.3 Å². The number of benzene rings is 1. The summed E-state index contributed by atoms with van der Waals surface area (Å²) in [7, 11) is 0. The summed E-state index contributed by atoms with van der Waals surface area (Å²) in [6, 6.07) is 7.96. The van der Waals surface area contributed by atoms with Gasteiger partial charge in [-0.15, -0.1) is 0 Å². The van der Waals surface area contributed by atoms with E-state index in [1.54, 1.807) is 12.4 Å². The van der Waals surface area contributed by atoms with Gasteiger partial charge in [-0.3, -0.25) is 9.48 Å². The maximum atomic E-state index is 10.8. The standard InChI is InChI=1S/C15H20N4O2/c1-2-7-21-14-5-3-12(4-6-14)8-17-13-9-18-19(10-13)11-15(16)20/h3-6,9-10,17H,2,7-8,11H2,1H3,(H2,16,20). The summed E-state index contributed by atoms with van der Waals surface area (Å²) in [6.07, 6.45) is 4.42. The largest absolute Gasteiger partial charge is 0.494 e. The van der Waals surface area contributed by atoms with Gasteiger partial charge < -0.3 is 15.8 Å². The number of rotatable bonds is 8. The Bertz CT molecular complexity index is 578. The maximum absolute atomic E-state index is 10.8. The highest BCUT2D eigenvalue weighted by atomic mass is 16.5. The van der Waals surface area contributed by atoms with Crippen LogP contribution in [0.3, 0.4) is 0 Å². The number of anilines is 1. The molecule has 0 unspecified atom stereocenters. The van der Waals surface area contributed by atoms with Crippen LogP contribution in [0.5, 0.6) is 5.75 Å². The Kier molecular flexibility index (Phi) is 5.20. The van der Waals surface area contributed by atoms with E-state index in [1.165, 1.54) is 4.68 Å². The van der Waals surface area contributed by atoms with Gasteiger partial charge in [-0.05, 0) is 24.1 Å². The zero-order chi connectivity index (χ0) is 15.1. The molecule has 0 spiro atoms. The number of hydrogen-bond donors (Lipinski definition) is 2. The average molecular weight is 288 g/mol. The predicted molar refractivity (Wildman–Crippen MR) is 81.0 cm³/mol. The summed E-state index contributed by atoms with van der Waals surface area (Å²) in [5.74, 6) is 0.474. The molecular formula is C15H20N4O2. The van der Waals surface area contributed by atoms with Crippen molar-refractivity contribution in [3.05, 3.63) is 42.2 Å². The number of nitrogens with zero attached hydrogens (tertiary/aromatic N) is 2. The van der Waals surface area contributed by atoms with Crippen LogP contribution in [0.15, 0.2) is 36.7 Å². The lowest BCUT2D eigenvalue weighted by Crippen LogP contribution is -2.18. The molecule has 0 bridgehead atoms. The second-order valence-corrected chi connectivity index (χ2v) is 4.74. The van der Waals surface area contributed by atoms with Crippen molar-refractivity contribution in [3.8, 4) is 5.75 Å². The maximum Gasteiger partial charge on any atom is 0.239 e. The first-order chi connectivity index (χ1) is 10.2. The highest BCUT2D eigenvalue weighted by Gasteiger charge is 2.01. The number of nitrogens with one attached hydrogen (secondary N) is 1. The van der Waals surface area contributed by atoms with Crippen LogP contribution in [-0.2, 0) is 17.9 Å². The van der Waals surface area contributed by atoms with Crippen LogP contribution in [0.1, 0.15) is 18.9 Å². The van der Waals surface area contributed by atoms with E-state index >= 15 is 0 Å². The van der Waals surface area contributed by atoms with Gasteiger partial charge in [0.15, 0.2) is 0 Å². The van der Waals surface area contributed by atoms with Crippen LogP contribution < -0.4 is 15.8 Å². The first kappa shape index (κ1) is 14.9. The van der Waals surface area contributed by atoms with Crippen molar-refractivity contribution in [2.75, 3.05) is 11.9 Å². The molecule has 1 heterocycles. The fourth-order valence-electron chi connectivity index (χ4n) is 1.83. The van der Waals surface area contributed by atoms with Gasteiger partial charge in [0.2, 0.25) is 5.91 Å². The SMILES string of the molecule is CCCOc1ccc(CNc2cnn(CC(N)=O)c2)cc1. The Morgan fingerprint density at radius 2 is 2.14 bits per heavy atom. The van der Waals surface area contributed by atoms with Crippen molar-refractivity contribution in [1.29, 1.82) is 0 Å². The lowest BCUT2D eigenvalue weighted by atomic mass is 10.2. The van der Waals surface area contributed by atoms with E-state index in [9.17, 15) is 4.79 Å². The molecule has 0 aliphatic rings. The third-order valence-electron chi connectivity index (χ3n) is 2.84. The number of hydrogen-bond acceptors (Lipinski definition) is 4. The lowest BCUT2D eigenvalue weighted by Gasteiger charge is -2.07. The second-order valence-electron chi connectivity index (χ2n) is 4.74. The van der Waals surface area contributed by atoms with Crippen LogP contribution in [0.25, 0.3) is 0 Å². The minimum Gasteiger partial charge on any atom is -0.494 e. The molecule has 0 saturated heterocycles. The highest BCUT2D eigenvalue weighted by molar-refractivity contribution is 5.73. The summed E-state index contributed by atoms with van der Waals surface area (Å²) in [4.78, 5) is 10.8. The summed E-state index contributed by atoms with van der Waals surface area (Å²) in [5.41, 5.74) is 7.11. The van der Waals surface area contributed by atoms with Crippen molar-refractivity contribution >= 4 is 11.6 Å². The molecule has 6 nitrogen and oxygen atoms in total. The third kappa shape index (κ3) is 4.83. The van der Waals surface area contributed by atoms with Crippen molar-refractivity contribution in [2.45, 2.75) is 26.4 Å². The molecular weight excluding hydrogens is 268 g/mol. The number of ether oxygens (including phenoxy) is 1. The van der Waals surface area contributed by atoms with Gasteiger partial charge in [-0.25, -0.2) is 0 Å². The molecule has 21 heavy (non-hydrogen) atoms. The first-order valence-corrected chi connectivity index (χ1v) is 6.93. The summed E-state index contributed by atoms with van der Waals surface area (Å²) >= 11 is 0. The molecule has 0 atom stereocenters.